The lowest BCUT2D eigenvalue weighted by Crippen LogP contribution is -2.49. The molecule has 1 aliphatic rings. The summed E-state index contributed by atoms with van der Waals surface area (Å²) in [4.78, 5) is 24.5. The molecule has 1 heterocycles. The van der Waals surface area contributed by atoms with E-state index in [0.29, 0.717) is 30.9 Å². The fourth-order valence-corrected chi connectivity index (χ4v) is 2.29. The maximum atomic E-state index is 12.5. The molecule has 0 saturated heterocycles. The maximum Gasteiger partial charge on any atom is 0.271 e. The van der Waals surface area contributed by atoms with Crippen LogP contribution >= 0.6 is 0 Å². The summed E-state index contributed by atoms with van der Waals surface area (Å²) in [5, 5.41) is 10.9. The van der Waals surface area contributed by atoms with Crippen molar-refractivity contribution in [1.29, 1.82) is 0 Å². The van der Waals surface area contributed by atoms with Gasteiger partial charge in [0.15, 0.2) is 6.10 Å². The fourth-order valence-electron chi connectivity index (χ4n) is 2.29. The molecule has 1 aromatic rings. The van der Waals surface area contributed by atoms with Gasteiger partial charge in [0.2, 0.25) is 0 Å². The molecule has 0 aliphatic carbocycles. The third kappa shape index (κ3) is 2.97. The van der Waals surface area contributed by atoms with Crippen molar-refractivity contribution in [1.82, 2.24) is 0 Å². The number of rotatable bonds is 5. The minimum Gasteiger partial charge on any atom is -0.478 e. The number of hydrogen-bond acceptors (Lipinski definition) is 5. The van der Waals surface area contributed by atoms with Crippen molar-refractivity contribution in [3.05, 3.63) is 28.3 Å². The Bertz CT molecular complexity index is 559. The summed E-state index contributed by atoms with van der Waals surface area (Å²) in [7, 11) is 0. The smallest absolute Gasteiger partial charge is 0.271 e. The molecule has 0 radical (unpaired) electrons. The summed E-state index contributed by atoms with van der Waals surface area (Å²) in [5.74, 6) is 0.337. The predicted molar refractivity (Wildman–Crippen MR) is 78.4 cm³/mol. The van der Waals surface area contributed by atoms with Crippen molar-refractivity contribution in [2.45, 2.75) is 26.4 Å². The first-order chi connectivity index (χ1) is 9.95. The van der Waals surface area contributed by atoms with Crippen molar-refractivity contribution < 1.29 is 14.5 Å². The number of nitrogens with two attached hydrogens (primary N) is 1. The van der Waals surface area contributed by atoms with Gasteiger partial charge in [0, 0.05) is 18.7 Å². The highest BCUT2D eigenvalue weighted by Gasteiger charge is 2.36. The van der Waals surface area contributed by atoms with Crippen molar-refractivity contribution in [3.63, 3.8) is 0 Å². The van der Waals surface area contributed by atoms with Gasteiger partial charge in [-0.25, -0.2) is 0 Å². The van der Waals surface area contributed by atoms with Crippen LogP contribution in [0.2, 0.25) is 0 Å². The van der Waals surface area contributed by atoms with Crippen LogP contribution in [-0.2, 0) is 4.79 Å². The monoisotopic (exact) mass is 293 g/mol. The number of anilines is 1. The summed E-state index contributed by atoms with van der Waals surface area (Å²) in [5.41, 5.74) is 5.89. The lowest BCUT2D eigenvalue weighted by Gasteiger charge is -2.35. The molecule has 2 rings (SSSR count). The van der Waals surface area contributed by atoms with Gasteiger partial charge >= 0.3 is 0 Å². The fraction of sp³-hybridized carbons (Fsp3) is 0.500. The Kier molecular flexibility index (Phi) is 4.42. The number of nitro groups is 1. The number of non-ortho nitro benzene ring substituents is 1. The summed E-state index contributed by atoms with van der Waals surface area (Å²) in [6.07, 6.45) is 0.0512. The first kappa shape index (κ1) is 15.2. The number of ether oxygens (including phenoxy) is 1. The van der Waals surface area contributed by atoms with Gasteiger partial charge in [0.1, 0.15) is 5.75 Å². The number of benzene rings is 1. The van der Waals surface area contributed by atoms with E-state index in [1.165, 1.54) is 12.1 Å². The van der Waals surface area contributed by atoms with E-state index in [2.05, 4.69) is 0 Å². The molecule has 1 aliphatic heterocycles. The average Bonchev–Trinajstić information content (AvgIpc) is 2.44. The molecule has 1 amide bonds. The molecular formula is C14H19N3O4. The van der Waals surface area contributed by atoms with Gasteiger partial charge in [0.05, 0.1) is 10.6 Å². The quantitative estimate of drug-likeness (QED) is 0.658. The molecule has 2 N–H and O–H groups in total. The second-order valence-corrected chi connectivity index (χ2v) is 5.32. The van der Waals surface area contributed by atoms with Crippen molar-refractivity contribution in [2.24, 2.45) is 11.7 Å². The number of nitrogens with zero attached hydrogens (tertiary/aromatic N) is 2. The number of carbonyl (C=O) groups is 1. The Balaban J connectivity index is 2.44. The topological polar surface area (TPSA) is 98.7 Å². The van der Waals surface area contributed by atoms with Crippen LogP contribution in [-0.4, -0.2) is 30.0 Å². The zero-order chi connectivity index (χ0) is 15.6. The van der Waals surface area contributed by atoms with Gasteiger partial charge in [-0.1, -0.05) is 13.8 Å². The van der Waals surface area contributed by atoms with E-state index in [1.54, 1.807) is 11.0 Å². The largest absolute Gasteiger partial charge is 0.478 e. The van der Waals surface area contributed by atoms with E-state index in [4.69, 9.17) is 10.5 Å². The Morgan fingerprint density at radius 3 is 2.76 bits per heavy atom. The van der Waals surface area contributed by atoms with Gasteiger partial charge in [-0.05, 0) is 24.9 Å². The first-order valence-corrected chi connectivity index (χ1v) is 6.92. The minimum atomic E-state index is -0.572. The number of fused-ring (bicyclic) bond motifs is 1. The van der Waals surface area contributed by atoms with E-state index in [9.17, 15) is 14.9 Å². The molecule has 7 heteroatoms. The molecule has 7 nitrogen and oxygen atoms in total. The molecule has 0 aromatic heterocycles. The van der Waals surface area contributed by atoms with E-state index >= 15 is 0 Å². The van der Waals surface area contributed by atoms with E-state index in [0.717, 1.165) is 0 Å². The third-order valence-electron chi connectivity index (χ3n) is 3.40. The molecule has 0 bridgehead atoms. The lowest BCUT2D eigenvalue weighted by atomic mass is 10.0. The predicted octanol–water partition coefficient (Wildman–Crippen LogP) is 1.69. The summed E-state index contributed by atoms with van der Waals surface area (Å²) >= 11 is 0. The zero-order valence-corrected chi connectivity index (χ0v) is 12.1. The van der Waals surface area contributed by atoms with Crippen LogP contribution in [0.3, 0.4) is 0 Å². The van der Waals surface area contributed by atoms with Crippen molar-refractivity contribution >= 4 is 17.3 Å². The second-order valence-electron chi connectivity index (χ2n) is 5.32. The van der Waals surface area contributed by atoms with Crippen LogP contribution in [0.5, 0.6) is 5.75 Å². The number of carbonyl (C=O) groups excluding carboxylic acids is 1. The molecule has 1 unspecified atom stereocenters. The standard InChI is InChI=1S/C14H19N3O4/c1-9(2)13-14(18)16(7-3-6-15)11-8-10(17(19)20)4-5-12(11)21-13/h4-5,8-9,13H,3,6-7,15H2,1-2H3. The maximum absolute atomic E-state index is 12.5. The Hall–Kier alpha value is -2.15. The van der Waals surface area contributed by atoms with E-state index < -0.39 is 11.0 Å². The van der Waals surface area contributed by atoms with Crippen LogP contribution in [0.15, 0.2) is 18.2 Å². The number of nitro benzene ring substituents is 1. The first-order valence-electron chi connectivity index (χ1n) is 6.92. The van der Waals surface area contributed by atoms with E-state index in [1.807, 2.05) is 13.8 Å². The van der Waals surface area contributed by atoms with Crippen LogP contribution in [0.25, 0.3) is 0 Å². The van der Waals surface area contributed by atoms with Crippen molar-refractivity contribution in [3.8, 4) is 5.75 Å². The van der Waals surface area contributed by atoms with Gasteiger partial charge < -0.3 is 15.4 Å². The van der Waals surface area contributed by atoms with Gasteiger partial charge in [-0.15, -0.1) is 0 Å². The highest BCUT2D eigenvalue weighted by Crippen LogP contribution is 2.38. The molecular weight excluding hydrogens is 274 g/mol. The van der Waals surface area contributed by atoms with E-state index in [-0.39, 0.29) is 17.5 Å². The van der Waals surface area contributed by atoms with Crippen LogP contribution < -0.4 is 15.4 Å². The van der Waals surface area contributed by atoms with Crippen LogP contribution in [0.1, 0.15) is 20.3 Å². The van der Waals surface area contributed by atoms with Crippen molar-refractivity contribution in [2.75, 3.05) is 18.0 Å². The second kappa shape index (κ2) is 6.09. The molecule has 1 aromatic carbocycles. The molecule has 0 saturated carbocycles. The highest BCUT2D eigenvalue weighted by atomic mass is 16.6. The van der Waals surface area contributed by atoms with Gasteiger partial charge in [0.25, 0.3) is 11.6 Å². The van der Waals surface area contributed by atoms with Crippen LogP contribution in [0, 0.1) is 16.0 Å². The lowest BCUT2D eigenvalue weighted by molar-refractivity contribution is -0.384. The normalized spacial score (nSPS) is 17.6. The molecule has 1 atom stereocenters. The summed E-state index contributed by atoms with van der Waals surface area (Å²) < 4.78 is 5.71. The molecule has 21 heavy (non-hydrogen) atoms. The number of hydrogen-bond donors (Lipinski definition) is 1. The van der Waals surface area contributed by atoms with Gasteiger partial charge in [-0.3, -0.25) is 14.9 Å². The SMILES string of the molecule is CC(C)C1Oc2ccc([N+](=O)[O-])cc2N(CCCN)C1=O. The molecule has 114 valence electrons. The molecule has 0 spiro atoms. The Morgan fingerprint density at radius 1 is 1.48 bits per heavy atom. The van der Waals surface area contributed by atoms with Crippen LogP contribution in [0.4, 0.5) is 11.4 Å². The molecule has 0 fully saturated rings. The Morgan fingerprint density at radius 2 is 2.19 bits per heavy atom. The number of amides is 1. The average molecular weight is 293 g/mol. The summed E-state index contributed by atoms with van der Waals surface area (Å²) in [6, 6.07) is 4.30. The van der Waals surface area contributed by atoms with Gasteiger partial charge in [-0.2, -0.15) is 0 Å². The zero-order valence-electron chi connectivity index (χ0n) is 12.1. The highest BCUT2D eigenvalue weighted by molar-refractivity contribution is 6.00. The minimum absolute atomic E-state index is 0.0150. The summed E-state index contributed by atoms with van der Waals surface area (Å²) in [6.45, 7) is 4.68. The third-order valence-corrected chi connectivity index (χ3v) is 3.40. The Labute approximate surface area is 122 Å².